The maximum Gasteiger partial charge on any atom is 0.0293 e. The van der Waals surface area contributed by atoms with Crippen molar-refractivity contribution in [3.63, 3.8) is 0 Å². The van der Waals surface area contributed by atoms with Gasteiger partial charge in [0.1, 0.15) is 0 Å². The molecule has 2 aromatic rings. The first-order valence-electron chi connectivity index (χ1n) is 6.42. The summed E-state index contributed by atoms with van der Waals surface area (Å²) in [7, 11) is 0. The minimum Gasteiger partial charge on any atom is -0.271 e. The first kappa shape index (κ1) is 11.9. The van der Waals surface area contributed by atoms with Crippen LogP contribution in [0.5, 0.6) is 0 Å². The van der Waals surface area contributed by atoms with E-state index in [1.165, 1.54) is 16.9 Å². The molecule has 1 aliphatic carbocycles. The molecule has 94 valence electrons. The van der Waals surface area contributed by atoms with Crippen molar-refractivity contribution in [2.24, 2.45) is 11.8 Å². The second-order valence-corrected chi connectivity index (χ2v) is 6.01. The van der Waals surface area contributed by atoms with E-state index in [2.05, 4.69) is 53.3 Å². The van der Waals surface area contributed by atoms with Gasteiger partial charge in [-0.05, 0) is 41.7 Å². The highest BCUT2D eigenvalue weighted by Gasteiger charge is 2.43. The summed E-state index contributed by atoms with van der Waals surface area (Å²) in [5.74, 6) is 7.09. The lowest BCUT2D eigenvalue weighted by atomic mass is 10.0. The van der Waals surface area contributed by atoms with E-state index in [4.69, 9.17) is 5.84 Å². The lowest BCUT2D eigenvalue weighted by Gasteiger charge is -2.15. The summed E-state index contributed by atoms with van der Waals surface area (Å²) < 4.78 is 0. The predicted octanol–water partition coefficient (Wildman–Crippen LogP) is 2.93. The SMILES string of the molecule is NNC(Cc1cccs1)C1CC1c1ccccc1. The Morgan fingerprint density at radius 1 is 1.22 bits per heavy atom. The Morgan fingerprint density at radius 2 is 2.06 bits per heavy atom. The number of nitrogens with one attached hydrogen (secondary N) is 1. The third kappa shape index (κ3) is 2.48. The van der Waals surface area contributed by atoms with E-state index in [9.17, 15) is 0 Å². The van der Waals surface area contributed by atoms with Crippen LogP contribution in [0, 0.1) is 5.92 Å². The van der Waals surface area contributed by atoms with Crippen molar-refractivity contribution in [2.45, 2.75) is 24.8 Å². The Morgan fingerprint density at radius 3 is 2.72 bits per heavy atom. The fourth-order valence-electron chi connectivity index (χ4n) is 2.72. The molecule has 3 unspecified atom stereocenters. The van der Waals surface area contributed by atoms with Gasteiger partial charge in [-0.2, -0.15) is 0 Å². The van der Waals surface area contributed by atoms with Crippen LogP contribution in [-0.4, -0.2) is 6.04 Å². The van der Waals surface area contributed by atoms with Crippen molar-refractivity contribution in [1.82, 2.24) is 5.43 Å². The molecule has 3 N–H and O–H groups in total. The molecule has 2 nitrogen and oxygen atoms in total. The summed E-state index contributed by atoms with van der Waals surface area (Å²) in [6.45, 7) is 0. The number of hydrogen-bond donors (Lipinski definition) is 2. The average Bonchev–Trinajstić information content (AvgIpc) is 3.05. The van der Waals surface area contributed by atoms with Gasteiger partial charge in [0.25, 0.3) is 0 Å². The van der Waals surface area contributed by atoms with Gasteiger partial charge in [-0.15, -0.1) is 11.3 Å². The van der Waals surface area contributed by atoms with Crippen LogP contribution in [0.1, 0.15) is 22.8 Å². The average molecular weight is 258 g/mol. The molecule has 1 aromatic heterocycles. The van der Waals surface area contributed by atoms with E-state index >= 15 is 0 Å². The van der Waals surface area contributed by atoms with Crippen LogP contribution in [-0.2, 0) is 6.42 Å². The molecule has 3 heteroatoms. The van der Waals surface area contributed by atoms with Crippen LogP contribution in [0.25, 0.3) is 0 Å². The van der Waals surface area contributed by atoms with E-state index in [0.717, 1.165) is 6.42 Å². The lowest BCUT2D eigenvalue weighted by molar-refractivity contribution is 0.467. The van der Waals surface area contributed by atoms with Gasteiger partial charge >= 0.3 is 0 Å². The van der Waals surface area contributed by atoms with Crippen LogP contribution < -0.4 is 11.3 Å². The van der Waals surface area contributed by atoms with Gasteiger partial charge in [0.2, 0.25) is 0 Å². The Labute approximate surface area is 112 Å². The number of hydrazine groups is 1. The van der Waals surface area contributed by atoms with Gasteiger partial charge in [-0.3, -0.25) is 11.3 Å². The molecule has 3 rings (SSSR count). The Hall–Kier alpha value is -1.16. The van der Waals surface area contributed by atoms with Gasteiger partial charge in [-0.25, -0.2) is 0 Å². The topological polar surface area (TPSA) is 38.0 Å². The monoisotopic (exact) mass is 258 g/mol. The van der Waals surface area contributed by atoms with Crippen LogP contribution in [0.15, 0.2) is 47.8 Å². The Kier molecular flexibility index (Phi) is 3.46. The Balaban J connectivity index is 1.65. The molecule has 1 aromatic carbocycles. The van der Waals surface area contributed by atoms with Crippen molar-refractivity contribution >= 4 is 11.3 Å². The van der Waals surface area contributed by atoms with Crippen molar-refractivity contribution in [3.05, 3.63) is 58.3 Å². The minimum absolute atomic E-state index is 0.397. The molecule has 0 saturated heterocycles. The maximum absolute atomic E-state index is 5.73. The molecule has 1 fully saturated rings. The summed E-state index contributed by atoms with van der Waals surface area (Å²) in [6, 6.07) is 15.5. The fraction of sp³-hybridized carbons (Fsp3) is 0.333. The zero-order valence-corrected chi connectivity index (χ0v) is 11.1. The summed E-state index contributed by atoms with van der Waals surface area (Å²) >= 11 is 1.81. The van der Waals surface area contributed by atoms with E-state index in [-0.39, 0.29) is 0 Å². The van der Waals surface area contributed by atoms with Gasteiger partial charge in [0.15, 0.2) is 0 Å². The summed E-state index contributed by atoms with van der Waals surface area (Å²) in [5, 5.41) is 2.13. The molecule has 18 heavy (non-hydrogen) atoms. The second-order valence-electron chi connectivity index (χ2n) is 4.97. The van der Waals surface area contributed by atoms with Crippen molar-refractivity contribution in [2.75, 3.05) is 0 Å². The first-order chi connectivity index (χ1) is 8.88. The lowest BCUT2D eigenvalue weighted by Crippen LogP contribution is -2.38. The largest absolute Gasteiger partial charge is 0.271 e. The standard InChI is InChI=1S/C15H18N2S/c16-17-15(9-12-7-4-8-18-12)14-10-13(14)11-5-2-1-3-6-11/h1-8,13-15,17H,9-10,16H2. The maximum atomic E-state index is 5.73. The van der Waals surface area contributed by atoms with E-state index in [1.54, 1.807) is 0 Å². The predicted molar refractivity (Wildman–Crippen MR) is 76.4 cm³/mol. The molecule has 0 aliphatic heterocycles. The molecule has 0 amide bonds. The molecule has 1 aliphatic rings. The van der Waals surface area contributed by atoms with Crippen LogP contribution >= 0.6 is 11.3 Å². The second kappa shape index (κ2) is 5.22. The highest BCUT2D eigenvalue weighted by molar-refractivity contribution is 7.09. The number of hydrogen-bond acceptors (Lipinski definition) is 3. The zero-order chi connectivity index (χ0) is 12.4. The quantitative estimate of drug-likeness (QED) is 0.639. The fourth-order valence-corrected chi connectivity index (χ4v) is 3.49. The molecule has 0 bridgehead atoms. The minimum atomic E-state index is 0.397. The molecule has 0 radical (unpaired) electrons. The molecule has 0 spiro atoms. The van der Waals surface area contributed by atoms with Crippen molar-refractivity contribution in [3.8, 4) is 0 Å². The van der Waals surface area contributed by atoms with E-state index < -0.39 is 0 Å². The van der Waals surface area contributed by atoms with Gasteiger partial charge in [-0.1, -0.05) is 36.4 Å². The summed E-state index contributed by atoms with van der Waals surface area (Å²) in [6.07, 6.45) is 2.30. The normalized spacial score (nSPS) is 23.8. The summed E-state index contributed by atoms with van der Waals surface area (Å²) in [5.41, 5.74) is 4.46. The third-order valence-electron chi connectivity index (χ3n) is 3.80. The van der Waals surface area contributed by atoms with Crippen LogP contribution in [0.2, 0.25) is 0 Å². The highest BCUT2D eigenvalue weighted by Crippen LogP contribution is 2.49. The zero-order valence-electron chi connectivity index (χ0n) is 10.3. The number of benzene rings is 1. The summed E-state index contributed by atoms with van der Waals surface area (Å²) in [4.78, 5) is 1.41. The van der Waals surface area contributed by atoms with Crippen LogP contribution in [0.3, 0.4) is 0 Å². The number of thiophene rings is 1. The first-order valence-corrected chi connectivity index (χ1v) is 7.30. The molecular weight excluding hydrogens is 240 g/mol. The van der Waals surface area contributed by atoms with Crippen molar-refractivity contribution in [1.29, 1.82) is 0 Å². The molecule has 3 atom stereocenters. The molecule has 1 saturated carbocycles. The van der Waals surface area contributed by atoms with Crippen LogP contribution in [0.4, 0.5) is 0 Å². The van der Waals surface area contributed by atoms with Crippen molar-refractivity contribution < 1.29 is 0 Å². The van der Waals surface area contributed by atoms with E-state index in [0.29, 0.717) is 17.9 Å². The third-order valence-corrected chi connectivity index (χ3v) is 4.70. The number of rotatable bonds is 5. The van der Waals surface area contributed by atoms with Gasteiger partial charge in [0.05, 0.1) is 0 Å². The van der Waals surface area contributed by atoms with E-state index in [1.807, 2.05) is 11.3 Å². The highest BCUT2D eigenvalue weighted by atomic mass is 32.1. The van der Waals surface area contributed by atoms with Gasteiger partial charge < -0.3 is 0 Å². The molecular formula is C15H18N2S. The Bertz CT molecular complexity index is 480. The number of nitrogens with two attached hydrogens (primary N) is 1. The smallest absolute Gasteiger partial charge is 0.0293 e. The van der Waals surface area contributed by atoms with Gasteiger partial charge in [0, 0.05) is 10.9 Å². The molecule has 1 heterocycles.